The van der Waals surface area contributed by atoms with Crippen molar-refractivity contribution in [2.45, 2.75) is 0 Å². The minimum absolute atomic E-state index is 0.0228. The lowest BCUT2D eigenvalue weighted by molar-refractivity contribution is 0.631. The molecule has 0 spiro atoms. The second-order valence-electron chi connectivity index (χ2n) is 10.3. The van der Waals surface area contributed by atoms with Crippen LogP contribution in [-0.4, -0.2) is 39.9 Å². The summed E-state index contributed by atoms with van der Waals surface area (Å²) in [7, 11) is 0. The molecule has 3 aromatic heterocycles. The van der Waals surface area contributed by atoms with Gasteiger partial charge in [-0.3, -0.25) is 0 Å². The monoisotopic (exact) mass is 586 g/mol. The molecule has 8 bridgehead atoms. The Morgan fingerprint density at radius 1 is 0.386 bits per heavy atom. The molecule has 0 amide bonds. The predicted molar refractivity (Wildman–Crippen MR) is 156 cm³/mol. The molecule has 4 aromatic carbocycles. The highest BCUT2D eigenvalue weighted by Crippen LogP contribution is 2.39. The maximum absolute atomic E-state index is 15.3. The van der Waals surface area contributed by atoms with Crippen molar-refractivity contribution in [1.82, 2.24) is 39.9 Å². The Morgan fingerprint density at radius 3 is 1.23 bits per heavy atom. The molecule has 2 aliphatic rings. The third-order valence-electron chi connectivity index (χ3n) is 7.74. The predicted octanol–water partition coefficient (Wildman–Crippen LogP) is 7.43. The van der Waals surface area contributed by atoms with Gasteiger partial charge in [0.15, 0.2) is 23.3 Å². The zero-order valence-electron chi connectivity index (χ0n) is 22.1. The molecule has 0 atom stereocenters. The van der Waals surface area contributed by atoms with Crippen molar-refractivity contribution in [2.24, 2.45) is 0 Å². The maximum Gasteiger partial charge on any atom is 0.167 e. The number of fused-ring (bicyclic) bond motifs is 20. The van der Waals surface area contributed by atoms with Gasteiger partial charge in [0.1, 0.15) is 45.9 Å². The van der Waals surface area contributed by atoms with Gasteiger partial charge in [-0.25, -0.2) is 47.5 Å². The normalized spacial score (nSPS) is 12.1. The second kappa shape index (κ2) is 8.74. The fourth-order valence-corrected chi connectivity index (χ4v) is 5.82. The minimum atomic E-state index is -0.597. The van der Waals surface area contributed by atoms with Crippen LogP contribution in [0.1, 0.15) is 0 Å². The molecule has 7 aromatic rings. The zero-order chi connectivity index (χ0) is 29.7. The number of halogens is 4. The van der Waals surface area contributed by atoms with Crippen LogP contribution in [0.5, 0.6) is 0 Å². The summed E-state index contributed by atoms with van der Waals surface area (Å²) in [5.74, 6) is -2.27. The summed E-state index contributed by atoms with van der Waals surface area (Å²) in [5.41, 5.74) is 1.26. The number of benzene rings is 4. The molecule has 210 valence electrons. The van der Waals surface area contributed by atoms with Crippen molar-refractivity contribution in [1.29, 1.82) is 0 Å². The zero-order valence-corrected chi connectivity index (χ0v) is 22.1. The summed E-state index contributed by atoms with van der Waals surface area (Å²) >= 11 is 0. The number of rotatable bonds is 0. The Bertz CT molecular complexity index is 2390. The largest absolute Gasteiger partial charge is 0.324 e. The van der Waals surface area contributed by atoms with Gasteiger partial charge >= 0.3 is 0 Å². The molecule has 2 N–H and O–H groups in total. The van der Waals surface area contributed by atoms with Gasteiger partial charge in [-0.1, -0.05) is 48.5 Å². The second-order valence-corrected chi connectivity index (χ2v) is 10.3. The van der Waals surface area contributed by atoms with Crippen molar-refractivity contribution < 1.29 is 17.6 Å². The Kier molecular flexibility index (Phi) is 4.87. The molecule has 0 unspecified atom stereocenters. The van der Waals surface area contributed by atoms with E-state index in [4.69, 9.17) is 0 Å². The number of hydrogen-bond acceptors (Lipinski definition) is 6. The van der Waals surface area contributed by atoms with Crippen molar-refractivity contribution in [2.75, 3.05) is 0 Å². The van der Waals surface area contributed by atoms with Crippen molar-refractivity contribution in [3.05, 3.63) is 96.1 Å². The number of aromatic nitrogens is 8. The third kappa shape index (κ3) is 3.38. The lowest BCUT2D eigenvalue weighted by Gasteiger charge is -1.99. The van der Waals surface area contributed by atoms with E-state index in [1.807, 2.05) is 0 Å². The van der Waals surface area contributed by atoms with Gasteiger partial charge in [0.25, 0.3) is 0 Å². The summed E-state index contributed by atoms with van der Waals surface area (Å²) in [6, 6.07) is 17.7. The van der Waals surface area contributed by atoms with Gasteiger partial charge in [-0.15, -0.1) is 0 Å². The first-order valence-corrected chi connectivity index (χ1v) is 13.4. The van der Waals surface area contributed by atoms with Crippen LogP contribution >= 0.6 is 0 Å². The topological polar surface area (TPSA) is 109 Å². The van der Waals surface area contributed by atoms with Crippen molar-refractivity contribution >= 4 is 44.1 Å². The quantitative estimate of drug-likeness (QED) is 0.179. The molecule has 0 saturated carbocycles. The molecule has 12 heteroatoms. The van der Waals surface area contributed by atoms with Crippen LogP contribution in [0.25, 0.3) is 89.7 Å². The van der Waals surface area contributed by atoms with Gasteiger partial charge in [-0.2, -0.15) is 0 Å². The highest BCUT2D eigenvalue weighted by Gasteiger charge is 2.26. The molecule has 2 aliphatic heterocycles. The fraction of sp³-hybridized carbons (Fsp3) is 0. The van der Waals surface area contributed by atoms with E-state index < -0.39 is 23.3 Å². The maximum atomic E-state index is 15.3. The number of nitrogens with zero attached hydrogens (tertiary/aromatic N) is 6. The highest BCUT2D eigenvalue weighted by atomic mass is 19.1. The van der Waals surface area contributed by atoms with Crippen LogP contribution in [0.2, 0.25) is 0 Å². The SMILES string of the molecule is Fc1cccc2c1-c1nc-2nc2[nH]c(nc3nc(nc4[nH]c(n1)c1cccc(F)c41)-c1cccc(F)c1-3)c1cccc(F)c21. The molecule has 0 radical (unpaired) electrons. The number of hydrogen-bond donors (Lipinski definition) is 2. The van der Waals surface area contributed by atoms with Gasteiger partial charge in [-0.05, 0) is 24.3 Å². The van der Waals surface area contributed by atoms with Gasteiger partial charge < -0.3 is 9.97 Å². The van der Waals surface area contributed by atoms with Crippen LogP contribution in [-0.2, 0) is 0 Å². The Labute approximate surface area is 243 Å². The van der Waals surface area contributed by atoms with Crippen molar-refractivity contribution in [3.8, 4) is 45.6 Å². The van der Waals surface area contributed by atoms with E-state index >= 15 is 17.6 Å². The summed E-state index contributed by atoms with van der Waals surface area (Å²) in [4.78, 5) is 33.5. The van der Waals surface area contributed by atoms with E-state index in [1.165, 1.54) is 48.5 Å². The average Bonchev–Trinajstić information content (AvgIpc) is 3.74. The van der Waals surface area contributed by atoms with Crippen LogP contribution in [0.4, 0.5) is 17.6 Å². The van der Waals surface area contributed by atoms with Gasteiger partial charge in [0.2, 0.25) is 0 Å². The van der Waals surface area contributed by atoms with E-state index in [2.05, 4.69) is 39.9 Å². The lowest BCUT2D eigenvalue weighted by atomic mass is 10.1. The van der Waals surface area contributed by atoms with E-state index in [0.29, 0.717) is 21.9 Å². The van der Waals surface area contributed by atoms with Gasteiger partial charge in [0.05, 0.1) is 21.9 Å². The minimum Gasteiger partial charge on any atom is -0.324 e. The van der Waals surface area contributed by atoms with Crippen LogP contribution in [0.3, 0.4) is 0 Å². The number of aromatic amines is 2. The van der Waals surface area contributed by atoms with E-state index in [-0.39, 0.29) is 67.8 Å². The Morgan fingerprint density at radius 2 is 0.773 bits per heavy atom. The first kappa shape index (κ1) is 24.5. The summed E-state index contributed by atoms with van der Waals surface area (Å²) in [5, 5.41) is 0.927. The molecule has 8 nitrogen and oxygen atoms in total. The Hall–Kier alpha value is -6.04. The van der Waals surface area contributed by atoms with Gasteiger partial charge in [0, 0.05) is 21.9 Å². The highest BCUT2D eigenvalue weighted by molar-refractivity contribution is 6.06. The molecular weight excluding hydrogens is 572 g/mol. The first-order valence-electron chi connectivity index (χ1n) is 13.4. The summed E-state index contributed by atoms with van der Waals surface area (Å²) in [6.07, 6.45) is 0. The van der Waals surface area contributed by atoms with E-state index in [9.17, 15) is 0 Å². The van der Waals surface area contributed by atoms with Crippen LogP contribution in [0, 0.1) is 23.3 Å². The van der Waals surface area contributed by atoms with E-state index in [1.54, 1.807) is 24.3 Å². The van der Waals surface area contributed by atoms with Crippen LogP contribution in [0.15, 0.2) is 72.8 Å². The molecule has 0 fully saturated rings. The molecule has 9 rings (SSSR count). The third-order valence-corrected chi connectivity index (χ3v) is 7.74. The lowest BCUT2D eigenvalue weighted by Crippen LogP contribution is -1.87. The molecule has 5 heterocycles. The van der Waals surface area contributed by atoms with E-state index in [0.717, 1.165) is 0 Å². The first-order chi connectivity index (χ1) is 21.4. The van der Waals surface area contributed by atoms with Crippen molar-refractivity contribution in [3.63, 3.8) is 0 Å². The molecular formula is C32H14F4N8. The number of nitrogens with one attached hydrogen (secondary N) is 2. The average molecular weight is 587 g/mol. The van der Waals surface area contributed by atoms with Crippen LogP contribution < -0.4 is 0 Å². The molecule has 0 aliphatic carbocycles. The summed E-state index contributed by atoms with van der Waals surface area (Å²) < 4.78 is 61.2. The molecule has 0 saturated heterocycles. The standard InChI is InChI=1S/C32H14F4N8/c33-17-9-1-5-13-21(17)29-37-25(13)41-30-22-14(6-2-10-18(22)34)27(38-30)43-32-24-16(8-4-12-20(24)36)28(40-32)44-31-23-15(26(39-31)42-29)7-3-11-19(23)35/h1-12H,(H2,37,38,39,40,41,42,43,44). The Balaban J connectivity index is 1.54. The smallest absolute Gasteiger partial charge is 0.167 e. The number of H-pyrrole nitrogens is 2. The molecule has 44 heavy (non-hydrogen) atoms. The summed E-state index contributed by atoms with van der Waals surface area (Å²) in [6.45, 7) is 0. The fourth-order valence-electron chi connectivity index (χ4n) is 5.82.